The zero-order valence-corrected chi connectivity index (χ0v) is 9.11. The molecule has 1 fully saturated rings. The fourth-order valence-electron chi connectivity index (χ4n) is 1.09. The molecule has 4 heteroatoms. The second-order valence-electron chi connectivity index (χ2n) is 3.80. The Morgan fingerprint density at radius 3 is 1.88 bits per heavy atom. The third-order valence-electron chi connectivity index (χ3n) is 2.09. The Hall–Kier alpha value is -1.03. The van der Waals surface area contributed by atoms with E-state index in [9.17, 15) is 13.2 Å². The second kappa shape index (κ2) is 6.53. The van der Waals surface area contributed by atoms with Crippen LogP contribution in [0.15, 0.2) is 12.1 Å². The molecule has 2 N–H and O–H groups in total. The maximum absolute atomic E-state index is 12.9. The van der Waals surface area contributed by atoms with Crippen LogP contribution in [0.4, 0.5) is 13.2 Å². The van der Waals surface area contributed by atoms with E-state index in [0.717, 1.165) is 0 Å². The van der Waals surface area contributed by atoms with E-state index in [1.807, 2.05) is 0 Å². The number of benzene rings is 1. The zero-order valence-electron chi connectivity index (χ0n) is 9.11. The molecular weight excluding hydrogens is 215 g/mol. The van der Waals surface area contributed by atoms with Crippen LogP contribution in [0, 0.1) is 17.5 Å². The third kappa shape index (κ3) is 4.66. The van der Waals surface area contributed by atoms with Crippen LogP contribution in [0.3, 0.4) is 0 Å². The molecule has 0 unspecified atom stereocenters. The molecular formula is C12H16F3N. The van der Waals surface area contributed by atoms with E-state index in [1.54, 1.807) is 0 Å². The molecule has 0 atom stereocenters. The van der Waals surface area contributed by atoms with Crippen molar-refractivity contribution in [3.63, 3.8) is 0 Å². The zero-order chi connectivity index (χ0) is 12.0. The Morgan fingerprint density at radius 2 is 1.50 bits per heavy atom. The van der Waals surface area contributed by atoms with E-state index in [0.29, 0.717) is 25.1 Å². The lowest BCUT2D eigenvalue weighted by atomic mass is 10.1. The SMILES string of the molecule is C1CC1.NCCCc1c(F)cc(F)cc1F. The van der Waals surface area contributed by atoms with Crippen molar-refractivity contribution < 1.29 is 13.2 Å². The summed E-state index contributed by atoms with van der Waals surface area (Å²) < 4.78 is 38.3. The smallest absolute Gasteiger partial charge is 0.132 e. The molecule has 0 bridgehead atoms. The van der Waals surface area contributed by atoms with Gasteiger partial charge in [-0.15, -0.1) is 0 Å². The number of hydrogen-bond acceptors (Lipinski definition) is 1. The second-order valence-corrected chi connectivity index (χ2v) is 3.80. The van der Waals surface area contributed by atoms with E-state index >= 15 is 0 Å². The lowest BCUT2D eigenvalue weighted by Crippen LogP contribution is -2.04. The van der Waals surface area contributed by atoms with Crippen molar-refractivity contribution in [3.8, 4) is 0 Å². The van der Waals surface area contributed by atoms with Gasteiger partial charge in [0.15, 0.2) is 0 Å². The quantitative estimate of drug-likeness (QED) is 0.849. The van der Waals surface area contributed by atoms with Crippen molar-refractivity contribution in [2.24, 2.45) is 5.73 Å². The van der Waals surface area contributed by atoms with Gasteiger partial charge in [0.1, 0.15) is 17.5 Å². The van der Waals surface area contributed by atoms with Gasteiger partial charge in [0.05, 0.1) is 0 Å². The summed E-state index contributed by atoms with van der Waals surface area (Å²) >= 11 is 0. The Bertz CT molecular complexity index is 311. The molecule has 16 heavy (non-hydrogen) atoms. The molecule has 1 aromatic rings. The van der Waals surface area contributed by atoms with Crippen LogP contribution in [0.2, 0.25) is 0 Å². The Kier molecular flexibility index (Phi) is 5.32. The van der Waals surface area contributed by atoms with Crippen LogP contribution in [0.25, 0.3) is 0 Å². The molecule has 1 nitrogen and oxygen atoms in total. The van der Waals surface area contributed by atoms with Crippen LogP contribution in [0.1, 0.15) is 31.2 Å². The Labute approximate surface area is 93.5 Å². The summed E-state index contributed by atoms with van der Waals surface area (Å²) in [6.45, 7) is 0.357. The predicted molar refractivity (Wildman–Crippen MR) is 57.5 cm³/mol. The summed E-state index contributed by atoms with van der Waals surface area (Å²) in [6, 6.07) is 1.35. The minimum atomic E-state index is -0.897. The molecule has 0 spiro atoms. The minimum absolute atomic E-state index is 0.0909. The molecule has 1 saturated carbocycles. The summed E-state index contributed by atoms with van der Waals surface area (Å²) in [5.41, 5.74) is 5.10. The van der Waals surface area contributed by atoms with Gasteiger partial charge >= 0.3 is 0 Å². The standard InChI is InChI=1S/C9H10F3N.C3H6/c10-6-4-8(11)7(2-1-3-13)9(12)5-6;1-2-3-1/h4-5H,1-3,13H2;1-3H2. The highest BCUT2D eigenvalue weighted by Crippen LogP contribution is 2.16. The van der Waals surface area contributed by atoms with Crippen LogP contribution in [-0.4, -0.2) is 6.54 Å². The van der Waals surface area contributed by atoms with Crippen LogP contribution < -0.4 is 5.73 Å². The van der Waals surface area contributed by atoms with Crippen molar-refractivity contribution in [2.75, 3.05) is 6.54 Å². The first kappa shape index (κ1) is 13.0. The van der Waals surface area contributed by atoms with E-state index < -0.39 is 17.5 Å². The van der Waals surface area contributed by atoms with Crippen LogP contribution in [-0.2, 0) is 6.42 Å². The summed E-state index contributed by atoms with van der Waals surface area (Å²) in [5, 5.41) is 0. The number of halogens is 3. The van der Waals surface area contributed by atoms with Gasteiger partial charge in [0, 0.05) is 17.7 Å². The monoisotopic (exact) mass is 231 g/mol. The lowest BCUT2D eigenvalue weighted by molar-refractivity contribution is 0.520. The highest BCUT2D eigenvalue weighted by atomic mass is 19.1. The van der Waals surface area contributed by atoms with Gasteiger partial charge < -0.3 is 5.73 Å². The lowest BCUT2D eigenvalue weighted by Gasteiger charge is -2.03. The molecule has 1 aliphatic carbocycles. The molecule has 0 radical (unpaired) electrons. The minimum Gasteiger partial charge on any atom is -0.330 e. The average Bonchev–Trinajstić information content (AvgIpc) is 3.02. The normalized spacial score (nSPS) is 13.0. The highest BCUT2D eigenvalue weighted by molar-refractivity contribution is 5.20. The fraction of sp³-hybridized carbons (Fsp3) is 0.500. The molecule has 90 valence electrons. The van der Waals surface area contributed by atoms with Crippen molar-refractivity contribution in [3.05, 3.63) is 35.1 Å². The Morgan fingerprint density at radius 1 is 1.00 bits per heavy atom. The van der Waals surface area contributed by atoms with E-state index in [4.69, 9.17) is 5.73 Å². The fourth-order valence-corrected chi connectivity index (χ4v) is 1.09. The van der Waals surface area contributed by atoms with Gasteiger partial charge in [-0.3, -0.25) is 0 Å². The molecule has 2 rings (SSSR count). The summed E-state index contributed by atoms with van der Waals surface area (Å²) in [7, 11) is 0. The van der Waals surface area contributed by atoms with Crippen molar-refractivity contribution in [1.29, 1.82) is 0 Å². The summed E-state index contributed by atoms with van der Waals surface area (Å²) in [4.78, 5) is 0. The summed E-state index contributed by atoms with van der Waals surface area (Å²) in [5.74, 6) is -2.58. The maximum Gasteiger partial charge on any atom is 0.132 e. The van der Waals surface area contributed by atoms with E-state index in [2.05, 4.69) is 0 Å². The first-order valence-corrected chi connectivity index (χ1v) is 5.48. The van der Waals surface area contributed by atoms with Gasteiger partial charge in [-0.2, -0.15) is 0 Å². The topological polar surface area (TPSA) is 26.0 Å². The van der Waals surface area contributed by atoms with Crippen molar-refractivity contribution >= 4 is 0 Å². The molecule has 0 aromatic heterocycles. The van der Waals surface area contributed by atoms with E-state index in [1.165, 1.54) is 19.3 Å². The maximum atomic E-state index is 12.9. The van der Waals surface area contributed by atoms with Crippen LogP contribution in [0.5, 0.6) is 0 Å². The third-order valence-corrected chi connectivity index (χ3v) is 2.09. The average molecular weight is 231 g/mol. The highest BCUT2D eigenvalue weighted by Gasteiger charge is 2.10. The molecule has 0 aliphatic heterocycles. The molecule has 0 amide bonds. The van der Waals surface area contributed by atoms with Crippen LogP contribution >= 0.6 is 0 Å². The van der Waals surface area contributed by atoms with Gasteiger partial charge in [-0.25, -0.2) is 13.2 Å². The predicted octanol–water partition coefficient (Wildman–Crippen LogP) is 3.17. The van der Waals surface area contributed by atoms with E-state index in [-0.39, 0.29) is 12.0 Å². The number of hydrogen-bond donors (Lipinski definition) is 1. The van der Waals surface area contributed by atoms with Gasteiger partial charge in [-0.1, -0.05) is 19.3 Å². The number of nitrogens with two attached hydrogens (primary N) is 1. The number of rotatable bonds is 3. The first-order chi connectivity index (χ1) is 7.65. The molecule has 1 aromatic carbocycles. The summed E-state index contributed by atoms with van der Waals surface area (Å²) in [6.07, 6.45) is 5.19. The molecule has 0 heterocycles. The Balaban J connectivity index is 0.000000365. The molecule has 1 aliphatic rings. The van der Waals surface area contributed by atoms with Crippen molar-refractivity contribution in [2.45, 2.75) is 32.1 Å². The first-order valence-electron chi connectivity index (χ1n) is 5.48. The van der Waals surface area contributed by atoms with Gasteiger partial charge in [-0.05, 0) is 19.4 Å². The molecule has 0 saturated heterocycles. The van der Waals surface area contributed by atoms with Gasteiger partial charge in [0.2, 0.25) is 0 Å². The van der Waals surface area contributed by atoms with Gasteiger partial charge in [0.25, 0.3) is 0 Å². The largest absolute Gasteiger partial charge is 0.330 e. The van der Waals surface area contributed by atoms with Crippen molar-refractivity contribution in [1.82, 2.24) is 0 Å².